The highest BCUT2D eigenvalue weighted by Gasteiger charge is 2.10. The standard InChI is InChI=1S/C17H16ClN3O3/c1-2-8-21-14-7-6-13(10-15(14)24-17(21)23)20-16(22)19-12-5-3-4-11(18)9-12/h3-7,9-10H,2,8H2,1H3,(H2,19,20,22). The predicted molar refractivity (Wildman–Crippen MR) is 94.9 cm³/mol. The number of urea groups is 1. The number of fused-ring (bicyclic) bond motifs is 1. The Morgan fingerprint density at radius 3 is 2.62 bits per heavy atom. The van der Waals surface area contributed by atoms with Crippen molar-refractivity contribution in [1.29, 1.82) is 0 Å². The number of benzene rings is 2. The van der Waals surface area contributed by atoms with Crippen molar-refractivity contribution in [3.05, 3.63) is 58.0 Å². The molecule has 0 spiro atoms. The van der Waals surface area contributed by atoms with Crippen LogP contribution in [0.4, 0.5) is 16.2 Å². The maximum absolute atomic E-state index is 12.0. The third-order valence-electron chi connectivity index (χ3n) is 3.46. The number of amides is 2. The van der Waals surface area contributed by atoms with Crippen molar-refractivity contribution in [2.75, 3.05) is 10.6 Å². The summed E-state index contributed by atoms with van der Waals surface area (Å²) in [5, 5.41) is 5.92. The van der Waals surface area contributed by atoms with E-state index in [1.54, 1.807) is 47.0 Å². The van der Waals surface area contributed by atoms with E-state index < -0.39 is 11.8 Å². The Balaban J connectivity index is 1.77. The molecule has 2 N–H and O–H groups in total. The van der Waals surface area contributed by atoms with E-state index in [1.165, 1.54) is 0 Å². The summed E-state index contributed by atoms with van der Waals surface area (Å²) in [7, 11) is 0. The number of nitrogens with zero attached hydrogens (tertiary/aromatic N) is 1. The fourth-order valence-electron chi connectivity index (χ4n) is 2.44. The molecule has 0 aliphatic heterocycles. The number of hydrogen-bond acceptors (Lipinski definition) is 3. The monoisotopic (exact) mass is 345 g/mol. The van der Waals surface area contributed by atoms with Crippen LogP contribution in [-0.2, 0) is 6.54 Å². The minimum atomic E-state index is -0.410. The Labute approximate surface area is 143 Å². The summed E-state index contributed by atoms with van der Waals surface area (Å²) in [6, 6.07) is 11.5. The zero-order chi connectivity index (χ0) is 17.1. The second-order valence-electron chi connectivity index (χ2n) is 5.29. The summed E-state index contributed by atoms with van der Waals surface area (Å²) in [5.74, 6) is -0.396. The van der Waals surface area contributed by atoms with E-state index in [1.807, 2.05) is 6.92 Å². The van der Waals surface area contributed by atoms with Gasteiger partial charge in [-0.25, -0.2) is 9.59 Å². The van der Waals surface area contributed by atoms with E-state index in [9.17, 15) is 9.59 Å². The molecule has 0 aliphatic carbocycles. The van der Waals surface area contributed by atoms with Crippen LogP contribution in [0.1, 0.15) is 13.3 Å². The highest BCUT2D eigenvalue weighted by Crippen LogP contribution is 2.20. The molecule has 0 bridgehead atoms. The summed E-state index contributed by atoms with van der Waals surface area (Å²) < 4.78 is 6.80. The molecule has 1 aromatic heterocycles. The summed E-state index contributed by atoms with van der Waals surface area (Å²) in [6.07, 6.45) is 0.830. The van der Waals surface area contributed by atoms with Gasteiger partial charge in [0, 0.05) is 29.0 Å². The van der Waals surface area contributed by atoms with Gasteiger partial charge in [0.15, 0.2) is 5.58 Å². The van der Waals surface area contributed by atoms with Gasteiger partial charge >= 0.3 is 11.8 Å². The van der Waals surface area contributed by atoms with Gasteiger partial charge in [0.05, 0.1) is 5.52 Å². The lowest BCUT2D eigenvalue weighted by Crippen LogP contribution is -2.19. The van der Waals surface area contributed by atoms with Gasteiger partial charge in [-0.2, -0.15) is 0 Å². The number of rotatable bonds is 4. The van der Waals surface area contributed by atoms with Crippen LogP contribution in [-0.4, -0.2) is 10.6 Å². The number of nitrogens with one attached hydrogen (secondary N) is 2. The first kappa shape index (κ1) is 16.1. The lowest BCUT2D eigenvalue weighted by atomic mass is 10.2. The summed E-state index contributed by atoms with van der Waals surface area (Å²) in [6.45, 7) is 2.58. The predicted octanol–water partition coefficient (Wildman–Crippen LogP) is 4.30. The maximum Gasteiger partial charge on any atom is 0.419 e. The molecule has 0 saturated carbocycles. The maximum atomic E-state index is 12.0. The minimum absolute atomic E-state index is 0.396. The van der Waals surface area contributed by atoms with E-state index in [-0.39, 0.29) is 0 Å². The van der Waals surface area contributed by atoms with Gasteiger partial charge in [0.25, 0.3) is 0 Å². The van der Waals surface area contributed by atoms with Crippen molar-refractivity contribution >= 4 is 40.1 Å². The summed E-state index contributed by atoms with van der Waals surface area (Å²) in [4.78, 5) is 23.9. The number of aromatic nitrogens is 1. The quantitative estimate of drug-likeness (QED) is 0.740. The van der Waals surface area contributed by atoms with E-state index in [4.69, 9.17) is 16.0 Å². The number of halogens is 1. The Kier molecular flexibility index (Phi) is 4.57. The van der Waals surface area contributed by atoms with Gasteiger partial charge in [0.2, 0.25) is 0 Å². The van der Waals surface area contributed by atoms with Crippen LogP contribution < -0.4 is 16.4 Å². The number of hydrogen-bond donors (Lipinski definition) is 2. The van der Waals surface area contributed by atoms with Crippen molar-refractivity contribution < 1.29 is 9.21 Å². The zero-order valence-electron chi connectivity index (χ0n) is 13.0. The molecule has 0 radical (unpaired) electrons. The molecule has 6 nitrogen and oxygen atoms in total. The summed E-state index contributed by atoms with van der Waals surface area (Å²) >= 11 is 5.88. The van der Waals surface area contributed by atoms with E-state index in [2.05, 4.69) is 10.6 Å². The van der Waals surface area contributed by atoms with Gasteiger partial charge in [-0.1, -0.05) is 24.6 Å². The largest absolute Gasteiger partial charge is 0.419 e. The molecule has 3 aromatic rings. The molecule has 0 aliphatic rings. The fourth-order valence-corrected chi connectivity index (χ4v) is 2.63. The number of oxazole rings is 1. The van der Waals surface area contributed by atoms with Crippen LogP contribution in [0.25, 0.3) is 11.1 Å². The van der Waals surface area contributed by atoms with E-state index >= 15 is 0 Å². The number of aryl methyl sites for hydroxylation is 1. The molecular formula is C17H16ClN3O3. The van der Waals surface area contributed by atoms with Crippen molar-refractivity contribution in [2.24, 2.45) is 0 Å². The molecule has 7 heteroatoms. The van der Waals surface area contributed by atoms with Gasteiger partial charge in [-0.3, -0.25) is 4.57 Å². The van der Waals surface area contributed by atoms with E-state index in [0.717, 1.165) is 6.42 Å². The highest BCUT2D eigenvalue weighted by molar-refractivity contribution is 6.30. The summed E-state index contributed by atoms with van der Waals surface area (Å²) in [5.41, 5.74) is 2.26. The zero-order valence-corrected chi connectivity index (χ0v) is 13.8. The normalized spacial score (nSPS) is 10.8. The second kappa shape index (κ2) is 6.80. The van der Waals surface area contributed by atoms with Crippen LogP contribution in [0.2, 0.25) is 5.02 Å². The lowest BCUT2D eigenvalue weighted by molar-refractivity contribution is 0.262. The second-order valence-corrected chi connectivity index (χ2v) is 5.73. The van der Waals surface area contributed by atoms with Crippen LogP contribution >= 0.6 is 11.6 Å². The smallest absolute Gasteiger partial charge is 0.408 e. The first-order valence-corrected chi connectivity index (χ1v) is 7.91. The molecule has 3 rings (SSSR count). The van der Waals surface area contributed by atoms with Gasteiger partial charge in [-0.15, -0.1) is 0 Å². The van der Waals surface area contributed by atoms with Gasteiger partial charge in [0.1, 0.15) is 0 Å². The van der Waals surface area contributed by atoms with Crippen LogP contribution in [0.5, 0.6) is 0 Å². The Hall–Kier alpha value is -2.73. The molecule has 0 fully saturated rings. The van der Waals surface area contributed by atoms with Crippen molar-refractivity contribution in [3.63, 3.8) is 0 Å². The molecule has 2 aromatic carbocycles. The first-order chi connectivity index (χ1) is 11.6. The SMILES string of the molecule is CCCn1c(=O)oc2cc(NC(=O)Nc3cccc(Cl)c3)ccc21. The van der Waals surface area contributed by atoms with Crippen LogP contribution in [0.15, 0.2) is 51.7 Å². The topological polar surface area (TPSA) is 76.3 Å². The molecule has 124 valence electrons. The Morgan fingerprint density at radius 2 is 1.92 bits per heavy atom. The van der Waals surface area contributed by atoms with Crippen LogP contribution in [0.3, 0.4) is 0 Å². The molecule has 2 amide bonds. The lowest BCUT2D eigenvalue weighted by Gasteiger charge is -2.08. The molecule has 1 heterocycles. The number of carbonyl (C=O) groups excluding carboxylic acids is 1. The number of anilines is 2. The average molecular weight is 346 g/mol. The Morgan fingerprint density at radius 1 is 1.17 bits per heavy atom. The molecule has 0 atom stereocenters. The molecule has 0 unspecified atom stereocenters. The van der Waals surface area contributed by atoms with E-state index in [0.29, 0.717) is 34.0 Å². The molecule has 0 saturated heterocycles. The van der Waals surface area contributed by atoms with Gasteiger partial charge < -0.3 is 15.1 Å². The van der Waals surface area contributed by atoms with Crippen molar-refractivity contribution in [2.45, 2.75) is 19.9 Å². The average Bonchev–Trinajstić information content (AvgIpc) is 2.83. The fraction of sp³-hybridized carbons (Fsp3) is 0.176. The third kappa shape index (κ3) is 3.44. The number of carbonyl (C=O) groups is 1. The van der Waals surface area contributed by atoms with Crippen LogP contribution in [0, 0.1) is 0 Å². The molecular weight excluding hydrogens is 330 g/mol. The van der Waals surface area contributed by atoms with Crippen molar-refractivity contribution in [1.82, 2.24) is 4.57 Å². The first-order valence-electron chi connectivity index (χ1n) is 7.54. The van der Waals surface area contributed by atoms with Crippen molar-refractivity contribution in [3.8, 4) is 0 Å². The Bertz CT molecular complexity index is 946. The minimum Gasteiger partial charge on any atom is -0.408 e. The van der Waals surface area contributed by atoms with Gasteiger partial charge in [-0.05, 0) is 36.8 Å². The molecule has 24 heavy (non-hydrogen) atoms. The third-order valence-corrected chi connectivity index (χ3v) is 3.69. The highest BCUT2D eigenvalue weighted by atomic mass is 35.5.